The van der Waals surface area contributed by atoms with Crippen LogP contribution in [0.25, 0.3) is 0 Å². The number of nitrogens with two attached hydrogens (primary N) is 1. The molecule has 1 heterocycles. The molecule has 3 N–H and O–H groups in total. The average molecular weight is 274 g/mol. The SMILES string of the molecule is COc1cc(N)cc(NCCCn2nc(C)cc2C)c1. The van der Waals surface area contributed by atoms with E-state index in [2.05, 4.69) is 23.4 Å². The summed E-state index contributed by atoms with van der Waals surface area (Å²) in [5, 5.41) is 7.80. The maximum Gasteiger partial charge on any atom is 0.122 e. The van der Waals surface area contributed by atoms with Crippen LogP contribution in [0.1, 0.15) is 17.8 Å². The number of rotatable bonds is 6. The van der Waals surface area contributed by atoms with Crippen LogP contribution in [0.3, 0.4) is 0 Å². The summed E-state index contributed by atoms with van der Waals surface area (Å²) in [7, 11) is 1.64. The first kappa shape index (κ1) is 14.2. The Morgan fingerprint density at radius 2 is 2.05 bits per heavy atom. The number of benzene rings is 1. The molecule has 5 heteroatoms. The minimum Gasteiger partial charge on any atom is -0.497 e. The number of nitrogen functional groups attached to an aromatic ring is 1. The van der Waals surface area contributed by atoms with Crippen LogP contribution in [0, 0.1) is 13.8 Å². The summed E-state index contributed by atoms with van der Waals surface area (Å²) >= 11 is 0. The molecule has 0 saturated carbocycles. The molecule has 0 amide bonds. The van der Waals surface area contributed by atoms with Crippen molar-refractivity contribution in [3.63, 3.8) is 0 Å². The summed E-state index contributed by atoms with van der Waals surface area (Å²) in [5.41, 5.74) is 9.77. The standard InChI is InChI=1S/C15H22N4O/c1-11-7-12(2)19(18-11)6-4-5-17-14-8-13(16)9-15(10-14)20-3/h7-10,17H,4-6,16H2,1-3H3. The Morgan fingerprint density at radius 1 is 1.25 bits per heavy atom. The Labute approximate surface area is 119 Å². The third-order valence-electron chi connectivity index (χ3n) is 3.14. The molecule has 0 aliphatic heterocycles. The molecule has 0 saturated heterocycles. The predicted octanol–water partition coefficient (Wildman–Crippen LogP) is 2.59. The van der Waals surface area contributed by atoms with Gasteiger partial charge in [0.1, 0.15) is 5.75 Å². The van der Waals surface area contributed by atoms with Crippen LogP contribution in [-0.2, 0) is 6.54 Å². The highest BCUT2D eigenvalue weighted by atomic mass is 16.5. The minimum atomic E-state index is 0.699. The van der Waals surface area contributed by atoms with Gasteiger partial charge in [0, 0.05) is 42.3 Å². The van der Waals surface area contributed by atoms with Crippen LogP contribution in [0.4, 0.5) is 11.4 Å². The number of anilines is 2. The van der Waals surface area contributed by atoms with Crippen molar-refractivity contribution < 1.29 is 4.74 Å². The summed E-state index contributed by atoms with van der Waals surface area (Å²) in [6, 6.07) is 7.75. The summed E-state index contributed by atoms with van der Waals surface area (Å²) < 4.78 is 7.23. The van der Waals surface area contributed by atoms with Crippen LogP contribution >= 0.6 is 0 Å². The molecule has 5 nitrogen and oxygen atoms in total. The number of hydrogen-bond acceptors (Lipinski definition) is 4. The van der Waals surface area contributed by atoms with Gasteiger partial charge in [-0.25, -0.2) is 0 Å². The van der Waals surface area contributed by atoms with Gasteiger partial charge in [-0.15, -0.1) is 0 Å². The average Bonchev–Trinajstić information content (AvgIpc) is 2.72. The van der Waals surface area contributed by atoms with E-state index in [0.29, 0.717) is 5.69 Å². The number of methoxy groups -OCH3 is 1. The van der Waals surface area contributed by atoms with Crippen LogP contribution in [0.5, 0.6) is 5.75 Å². The topological polar surface area (TPSA) is 65.1 Å². The van der Waals surface area contributed by atoms with Crippen molar-refractivity contribution in [2.24, 2.45) is 0 Å². The summed E-state index contributed by atoms with van der Waals surface area (Å²) in [4.78, 5) is 0. The largest absolute Gasteiger partial charge is 0.497 e. The van der Waals surface area contributed by atoms with Crippen molar-refractivity contribution in [3.05, 3.63) is 35.7 Å². The second kappa shape index (κ2) is 6.32. The molecule has 2 rings (SSSR count). The molecular weight excluding hydrogens is 252 g/mol. The van der Waals surface area contributed by atoms with Crippen molar-refractivity contribution in [2.75, 3.05) is 24.7 Å². The third kappa shape index (κ3) is 3.66. The van der Waals surface area contributed by atoms with E-state index in [0.717, 1.165) is 36.6 Å². The third-order valence-corrected chi connectivity index (χ3v) is 3.14. The highest BCUT2D eigenvalue weighted by Gasteiger charge is 2.01. The zero-order valence-corrected chi connectivity index (χ0v) is 12.3. The van der Waals surface area contributed by atoms with E-state index in [1.165, 1.54) is 5.69 Å². The lowest BCUT2D eigenvalue weighted by atomic mass is 10.2. The lowest BCUT2D eigenvalue weighted by molar-refractivity contribution is 0.415. The molecule has 0 unspecified atom stereocenters. The summed E-state index contributed by atoms with van der Waals surface area (Å²) in [6.07, 6.45) is 0.999. The normalized spacial score (nSPS) is 10.6. The lowest BCUT2D eigenvalue weighted by Crippen LogP contribution is -2.09. The molecule has 0 aliphatic carbocycles. The van der Waals surface area contributed by atoms with Gasteiger partial charge in [0.2, 0.25) is 0 Å². The van der Waals surface area contributed by atoms with E-state index in [4.69, 9.17) is 10.5 Å². The highest BCUT2D eigenvalue weighted by Crippen LogP contribution is 2.22. The van der Waals surface area contributed by atoms with Crippen LogP contribution < -0.4 is 15.8 Å². The number of aromatic nitrogens is 2. The molecule has 20 heavy (non-hydrogen) atoms. The summed E-state index contributed by atoms with van der Waals surface area (Å²) in [5.74, 6) is 0.769. The Kier molecular flexibility index (Phi) is 4.50. The van der Waals surface area contributed by atoms with E-state index in [-0.39, 0.29) is 0 Å². The van der Waals surface area contributed by atoms with Gasteiger partial charge in [-0.2, -0.15) is 5.10 Å². The molecule has 0 fully saturated rings. The molecule has 1 aromatic heterocycles. The number of hydrogen-bond donors (Lipinski definition) is 2. The summed E-state index contributed by atoms with van der Waals surface area (Å²) in [6.45, 7) is 5.87. The van der Waals surface area contributed by atoms with Crippen LogP contribution in [0.15, 0.2) is 24.3 Å². The number of ether oxygens (including phenoxy) is 1. The van der Waals surface area contributed by atoms with Gasteiger partial charge in [-0.05, 0) is 32.4 Å². The van der Waals surface area contributed by atoms with E-state index in [1.54, 1.807) is 13.2 Å². The second-order valence-corrected chi connectivity index (χ2v) is 4.93. The minimum absolute atomic E-state index is 0.699. The quantitative estimate of drug-likeness (QED) is 0.627. The lowest BCUT2D eigenvalue weighted by Gasteiger charge is -2.10. The Hall–Kier alpha value is -2.17. The highest BCUT2D eigenvalue weighted by molar-refractivity contribution is 5.59. The maximum absolute atomic E-state index is 5.82. The molecule has 108 valence electrons. The Bertz CT molecular complexity index is 577. The monoisotopic (exact) mass is 274 g/mol. The first-order chi connectivity index (χ1) is 9.58. The Morgan fingerprint density at radius 3 is 2.70 bits per heavy atom. The van der Waals surface area contributed by atoms with Crippen LogP contribution in [-0.4, -0.2) is 23.4 Å². The van der Waals surface area contributed by atoms with Gasteiger partial charge >= 0.3 is 0 Å². The van der Waals surface area contributed by atoms with E-state index < -0.39 is 0 Å². The van der Waals surface area contributed by atoms with E-state index in [1.807, 2.05) is 23.7 Å². The number of aryl methyl sites for hydroxylation is 3. The van der Waals surface area contributed by atoms with Crippen molar-refractivity contribution in [2.45, 2.75) is 26.8 Å². The zero-order chi connectivity index (χ0) is 14.5. The van der Waals surface area contributed by atoms with Crippen molar-refractivity contribution in [1.29, 1.82) is 0 Å². The second-order valence-electron chi connectivity index (χ2n) is 4.93. The first-order valence-electron chi connectivity index (χ1n) is 6.78. The fourth-order valence-corrected chi connectivity index (χ4v) is 2.20. The first-order valence-corrected chi connectivity index (χ1v) is 6.78. The Balaban J connectivity index is 1.84. The number of nitrogens with one attached hydrogen (secondary N) is 1. The molecular formula is C15H22N4O. The number of nitrogens with zero attached hydrogens (tertiary/aromatic N) is 2. The molecule has 1 aromatic carbocycles. The van der Waals surface area contributed by atoms with Gasteiger partial charge in [0.05, 0.1) is 12.8 Å². The van der Waals surface area contributed by atoms with Crippen molar-refractivity contribution in [1.82, 2.24) is 9.78 Å². The smallest absolute Gasteiger partial charge is 0.122 e. The maximum atomic E-state index is 5.82. The van der Waals surface area contributed by atoms with Gasteiger partial charge in [-0.3, -0.25) is 4.68 Å². The van der Waals surface area contributed by atoms with Gasteiger partial charge in [0.25, 0.3) is 0 Å². The molecule has 0 aliphatic rings. The molecule has 0 bridgehead atoms. The van der Waals surface area contributed by atoms with E-state index in [9.17, 15) is 0 Å². The van der Waals surface area contributed by atoms with Crippen molar-refractivity contribution >= 4 is 11.4 Å². The molecule has 2 aromatic rings. The van der Waals surface area contributed by atoms with E-state index >= 15 is 0 Å². The fraction of sp³-hybridized carbons (Fsp3) is 0.400. The van der Waals surface area contributed by atoms with Gasteiger partial charge in [0.15, 0.2) is 0 Å². The molecule has 0 atom stereocenters. The van der Waals surface area contributed by atoms with Crippen LogP contribution in [0.2, 0.25) is 0 Å². The molecule has 0 radical (unpaired) electrons. The fourth-order valence-electron chi connectivity index (χ4n) is 2.20. The zero-order valence-electron chi connectivity index (χ0n) is 12.3. The van der Waals surface area contributed by atoms with Crippen molar-refractivity contribution in [3.8, 4) is 5.75 Å². The van der Waals surface area contributed by atoms with Gasteiger partial charge < -0.3 is 15.8 Å². The predicted molar refractivity (Wildman–Crippen MR) is 82.2 cm³/mol. The molecule has 0 spiro atoms. The van der Waals surface area contributed by atoms with Gasteiger partial charge in [-0.1, -0.05) is 0 Å².